The number of carboxylic acids is 1. The lowest BCUT2D eigenvalue weighted by molar-refractivity contribution is -0.138. The van der Waals surface area contributed by atoms with E-state index in [0.717, 1.165) is 0 Å². The molecule has 0 radical (unpaired) electrons. The van der Waals surface area contributed by atoms with E-state index in [0.29, 0.717) is 5.03 Å². The molecule has 0 aliphatic carbocycles. The van der Waals surface area contributed by atoms with Gasteiger partial charge < -0.3 is 5.11 Å². The number of halogens is 2. The van der Waals surface area contributed by atoms with Crippen LogP contribution in [0, 0.1) is 0 Å². The van der Waals surface area contributed by atoms with Crippen molar-refractivity contribution < 1.29 is 9.90 Å². The van der Waals surface area contributed by atoms with Gasteiger partial charge >= 0.3 is 5.97 Å². The second-order valence-electron chi connectivity index (χ2n) is 2.00. The summed E-state index contributed by atoms with van der Waals surface area (Å²) in [5.41, 5.74) is 1.20. The minimum Gasteiger partial charge on any atom is -0.480 e. The van der Waals surface area contributed by atoms with Crippen molar-refractivity contribution in [1.82, 2.24) is 5.32 Å². The molecular formula is C6H9Cl2NO2. The molecule has 0 saturated carbocycles. The van der Waals surface area contributed by atoms with Crippen molar-refractivity contribution in [1.29, 1.82) is 0 Å². The Labute approximate surface area is 75.0 Å². The molecule has 11 heavy (non-hydrogen) atoms. The summed E-state index contributed by atoms with van der Waals surface area (Å²) in [5, 5.41) is 11.4. The number of hydrogen-bond acceptors (Lipinski definition) is 2. The van der Waals surface area contributed by atoms with Crippen molar-refractivity contribution in [3.8, 4) is 0 Å². The van der Waals surface area contributed by atoms with Gasteiger partial charge in [0.05, 0.1) is 0 Å². The summed E-state index contributed by atoms with van der Waals surface area (Å²) in [4.78, 5) is 10.2. The van der Waals surface area contributed by atoms with Gasteiger partial charge in [-0.15, -0.1) is 0 Å². The molecule has 0 aromatic rings. The predicted octanol–water partition coefficient (Wildman–Crippen LogP) is 1.37. The number of hydrogen-bond donors (Lipinski definition) is 2. The lowest BCUT2D eigenvalue weighted by Gasteiger charge is -2.06. The monoisotopic (exact) mass is 197 g/mol. The molecule has 0 fully saturated rings. The maximum absolute atomic E-state index is 10.2. The molecular weight excluding hydrogens is 189 g/mol. The Hall–Kier alpha value is -0.250. The molecule has 0 aliphatic rings. The van der Waals surface area contributed by atoms with Crippen LogP contribution >= 0.6 is 23.2 Å². The second-order valence-corrected chi connectivity index (χ2v) is 2.70. The molecule has 0 bridgehead atoms. The van der Waals surface area contributed by atoms with Crippen molar-refractivity contribution in [2.75, 3.05) is 6.54 Å². The van der Waals surface area contributed by atoms with E-state index in [1.54, 1.807) is 0 Å². The summed E-state index contributed by atoms with van der Waals surface area (Å²) in [6.45, 7) is 1.80. The van der Waals surface area contributed by atoms with Crippen LogP contribution in [0.5, 0.6) is 0 Å². The second kappa shape index (κ2) is 5.41. The van der Waals surface area contributed by atoms with Crippen molar-refractivity contribution in [3.05, 3.63) is 10.6 Å². The van der Waals surface area contributed by atoms with E-state index in [4.69, 9.17) is 28.3 Å². The topological polar surface area (TPSA) is 49.3 Å². The van der Waals surface area contributed by atoms with Crippen LogP contribution in [-0.2, 0) is 4.79 Å². The molecule has 2 N–H and O–H groups in total. The number of nitrogens with one attached hydrogen (secondary N) is 1. The normalized spacial score (nSPS) is 14.6. The van der Waals surface area contributed by atoms with Crippen LogP contribution in [0.1, 0.15) is 6.92 Å². The summed E-state index contributed by atoms with van der Waals surface area (Å²) in [5.74, 6) is -0.913. The van der Waals surface area contributed by atoms with Gasteiger partial charge in [0.2, 0.25) is 0 Å². The first-order chi connectivity index (χ1) is 5.07. The Morgan fingerprint density at radius 1 is 1.82 bits per heavy atom. The SMILES string of the molecule is C[C@H](NCC(Cl)=CCl)C(=O)O. The van der Waals surface area contributed by atoms with Gasteiger partial charge in [0.25, 0.3) is 0 Å². The average Bonchev–Trinajstić information content (AvgIpc) is 1.99. The summed E-state index contributed by atoms with van der Waals surface area (Å²) in [6.07, 6.45) is 0. The van der Waals surface area contributed by atoms with E-state index >= 15 is 0 Å². The number of rotatable bonds is 4. The van der Waals surface area contributed by atoms with Gasteiger partial charge in [-0.05, 0) is 6.92 Å². The van der Waals surface area contributed by atoms with Crippen LogP contribution in [0.3, 0.4) is 0 Å². The van der Waals surface area contributed by atoms with E-state index in [9.17, 15) is 4.79 Å². The smallest absolute Gasteiger partial charge is 0.320 e. The molecule has 0 unspecified atom stereocenters. The third kappa shape index (κ3) is 5.07. The Kier molecular flexibility index (Phi) is 5.28. The summed E-state index contributed by atoms with van der Waals surface area (Å²) in [6, 6.07) is -0.611. The first kappa shape index (κ1) is 10.8. The van der Waals surface area contributed by atoms with Crippen LogP contribution in [0.2, 0.25) is 0 Å². The van der Waals surface area contributed by atoms with Crippen molar-refractivity contribution in [2.45, 2.75) is 13.0 Å². The molecule has 0 heterocycles. The van der Waals surface area contributed by atoms with Crippen LogP contribution < -0.4 is 5.32 Å². The average molecular weight is 198 g/mol. The summed E-state index contributed by atoms with van der Waals surface area (Å²) >= 11 is 10.7. The van der Waals surface area contributed by atoms with Crippen LogP contribution in [0.15, 0.2) is 10.6 Å². The van der Waals surface area contributed by atoms with Crippen LogP contribution in [-0.4, -0.2) is 23.7 Å². The van der Waals surface area contributed by atoms with E-state index in [1.807, 2.05) is 0 Å². The van der Waals surface area contributed by atoms with Crippen molar-refractivity contribution in [3.63, 3.8) is 0 Å². The summed E-state index contributed by atoms with van der Waals surface area (Å²) < 4.78 is 0. The van der Waals surface area contributed by atoms with Gasteiger partial charge in [-0.1, -0.05) is 23.2 Å². The van der Waals surface area contributed by atoms with E-state index in [-0.39, 0.29) is 6.54 Å². The molecule has 0 saturated heterocycles. The Morgan fingerprint density at radius 3 is 2.73 bits per heavy atom. The molecule has 0 spiro atoms. The van der Waals surface area contributed by atoms with Crippen LogP contribution in [0.4, 0.5) is 0 Å². The van der Waals surface area contributed by atoms with Gasteiger partial charge in [0.15, 0.2) is 0 Å². The Morgan fingerprint density at radius 2 is 2.36 bits per heavy atom. The molecule has 1 atom stereocenters. The Bertz CT molecular complexity index is 170. The lowest BCUT2D eigenvalue weighted by atomic mass is 10.3. The fourth-order valence-corrected chi connectivity index (χ4v) is 0.531. The standard InChI is InChI=1S/C6H9Cl2NO2/c1-4(6(10)11)9-3-5(8)2-7/h2,4,9H,3H2,1H3,(H,10,11)/t4-/m0/s1. The molecule has 0 rings (SSSR count). The molecule has 0 aromatic heterocycles. The zero-order valence-electron chi connectivity index (χ0n) is 5.97. The van der Waals surface area contributed by atoms with Crippen molar-refractivity contribution >= 4 is 29.2 Å². The quantitative estimate of drug-likeness (QED) is 0.717. The number of carbonyl (C=O) groups is 1. The molecule has 0 aromatic carbocycles. The van der Waals surface area contributed by atoms with Gasteiger partial charge in [-0.25, -0.2) is 0 Å². The third-order valence-corrected chi connectivity index (χ3v) is 1.68. The predicted molar refractivity (Wildman–Crippen MR) is 44.9 cm³/mol. The zero-order valence-corrected chi connectivity index (χ0v) is 7.49. The summed E-state index contributed by atoms with van der Waals surface area (Å²) in [7, 11) is 0. The first-order valence-electron chi connectivity index (χ1n) is 2.99. The van der Waals surface area contributed by atoms with Gasteiger partial charge in [-0.3, -0.25) is 10.1 Å². The highest BCUT2D eigenvalue weighted by Gasteiger charge is 2.08. The van der Waals surface area contributed by atoms with Gasteiger partial charge in [0, 0.05) is 17.1 Å². The molecule has 5 heteroatoms. The van der Waals surface area contributed by atoms with Crippen LogP contribution in [0.25, 0.3) is 0 Å². The largest absolute Gasteiger partial charge is 0.480 e. The molecule has 0 aliphatic heterocycles. The lowest BCUT2D eigenvalue weighted by Crippen LogP contribution is -2.34. The first-order valence-corrected chi connectivity index (χ1v) is 3.80. The van der Waals surface area contributed by atoms with E-state index < -0.39 is 12.0 Å². The number of aliphatic carboxylic acids is 1. The maximum atomic E-state index is 10.2. The van der Waals surface area contributed by atoms with Gasteiger partial charge in [0.1, 0.15) is 6.04 Å². The van der Waals surface area contributed by atoms with Gasteiger partial charge in [-0.2, -0.15) is 0 Å². The number of carboxylic acid groups (broad SMARTS) is 1. The Balaban J connectivity index is 3.62. The van der Waals surface area contributed by atoms with E-state index in [2.05, 4.69) is 5.32 Å². The molecule has 3 nitrogen and oxygen atoms in total. The zero-order chi connectivity index (χ0) is 8.85. The molecule has 0 amide bonds. The minimum absolute atomic E-state index is 0.276. The maximum Gasteiger partial charge on any atom is 0.320 e. The van der Waals surface area contributed by atoms with Crippen molar-refractivity contribution in [2.24, 2.45) is 0 Å². The highest BCUT2D eigenvalue weighted by molar-refractivity contribution is 6.36. The fraction of sp³-hybridized carbons (Fsp3) is 0.500. The highest BCUT2D eigenvalue weighted by Crippen LogP contribution is 2.00. The molecule has 64 valence electrons. The van der Waals surface area contributed by atoms with E-state index in [1.165, 1.54) is 12.5 Å². The minimum atomic E-state index is -0.913. The third-order valence-electron chi connectivity index (χ3n) is 1.07. The fourth-order valence-electron chi connectivity index (χ4n) is 0.376. The highest BCUT2D eigenvalue weighted by atomic mass is 35.5.